The van der Waals surface area contributed by atoms with E-state index in [-0.39, 0.29) is 5.69 Å². The molecule has 0 bridgehead atoms. The second kappa shape index (κ2) is 7.59. The van der Waals surface area contributed by atoms with Gasteiger partial charge in [-0.05, 0) is 51.3 Å². The van der Waals surface area contributed by atoms with E-state index in [0.717, 1.165) is 5.56 Å². The van der Waals surface area contributed by atoms with Gasteiger partial charge in [0.15, 0.2) is 5.69 Å². The molecule has 0 aliphatic heterocycles. The minimum Gasteiger partial charge on any atom is -0.477 e. The molecule has 0 saturated heterocycles. The Hall–Kier alpha value is -2.37. The van der Waals surface area contributed by atoms with Gasteiger partial charge in [0.1, 0.15) is 5.60 Å². The second-order valence-electron chi connectivity index (χ2n) is 5.86. The molecule has 0 radical (unpaired) electrons. The van der Waals surface area contributed by atoms with E-state index in [4.69, 9.17) is 9.84 Å². The summed E-state index contributed by atoms with van der Waals surface area (Å²) in [5, 5.41) is 11.6. The van der Waals surface area contributed by atoms with Gasteiger partial charge in [0.25, 0.3) is 0 Å². The first-order valence-corrected chi connectivity index (χ1v) is 7.02. The van der Waals surface area contributed by atoms with Gasteiger partial charge in [-0.1, -0.05) is 12.2 Å². The summed E-state index contributed by atoms with van der Waals surface area (Å²) in [5.74, 6) is -1.03. The van der Waals surface area contributed by atoms with Crippen LogP contribution in [0, 0.1) is 6.92 Å². The van der Waals surface area contributed by atoms with Gasteiger partial charge in [0, 0.05) is 12.7 Å². The Kier molecular flexibility index (Phi) is 6.10. The molecule has 6 heteroatoms. The Morgan fingerprint density at radius 3 is 2.64 bits per heavy atom. The monoisotopic (exact) mass is 306 g/mol. The third-order valence-electron chi connectivity index (χ3n) is 2.59. The second-order valence-corrected chi connectivity index (χ2v) is 5.86. The molecule has 1 amide bonds. The summed E-state index contributed by atoms with van der Waals surface area (Å²) in [4.78, 5) is 26.2. The molecule has 1 aromatic heterocycles. The summed E-state index contributed by atoms with van der Waals surface area (Å²) >= 11 is 0. The third kappa shape index (κ3) is 6.39. The van der Waals surface area contributed by atoms with Gasteiger partial charge in [-0.3, -0.25) is 0 Å². The maximum atomic E-state index is 11.4. The normalized spacial score (nSPS) is 11.5. The number of aromatic carboxylic acids is 1. The molecular weight excluding hydrogens is 284 g/mol. The maximum absolute atomic E-state index is 11.4. The van der Waals surface area contributed by atoms with Crippen LogP contribution in [0.2, 0.25) is 0 Å². The summed E-state index contributed by atoms with van der Waals surface area (Å²) < 4.78 is 5.11. The van der Waals surface area contributed by atoms with Crippen molar-refractivity contribution in [1.29, 1.82) is 0 Å². The van der Waals surface area contributed by atoms with E-state index < -0.39 is 17.7 Å². The first kappa shape index (κ1) is 17.7. The number of aromatic nitrogens is 1. The van der Waals surface area contributed by atoms with E-state index in [9.17, 15) is 9.59 Å². The van der Waals surface area contributed by atoms with Crippen molar-refractivity contribution in [2.45, 2.75) is 39.7 Å². The number of carboxylic acid groups (broad SMARTS) is 1. The topological polar surface area (TPSA) is 88.5 Å². The minimum absolute atomic E-state index is 0.0590. The van der Waals surface area contributed by atoms with Crippen molar-refractivity contribution in [2.24, 2.45) is 0 Å². The number of nitrogens with zero attached hydrogens (tertiary/aromatic N) is 1. The quantitative estimate of drug-likeness (QED) is 0.816. The highest BCUT2D eigenvalue weighted by atomic mass is 16.6. The average Bonchev–Trinajstić information content (AvgIpc) is 2.35. The Labute approximate surface area is 130 Å². The Balaban J connectivity index is 2.42. The predicted octanol–water partition coefficient (Wildman–Crippen LogP) is 3.02. The number of nitrogens with one attached hydrogen (secondary N) is 1. The number of alkyl carbamates (subject to hydrolysis) is 1. The lowest BCUT2D eigenvalue weighted by Gasteiger charge is -2.19. The largest absolute Gasteiger partial charge is 0.477 e. The van der Waals surface area contributed by atoms with Crippen LogP contribution in [0.4, 0.5) is 4.79 Å². The molecule has 0 spiro atoms. The van der Waals surface area contributed by atoms with E-state index in [0.29, 0.717) is 18.5 Å². The Bertz CT molecular complexity index is 574. The van der Waals surface area contributed by atoms with Crippen LogP contribution < -0.4 is 5.32 Å². The highest BCUT2D eigenvalue weighted by Gasteiger charge is 2.15. The number of carbonyl (C=O) groups is 2. The van der Waals surface area contributed by atoms with Crippen molar-refractivity contribution in [3.8, 4) is 0 Å². The molecule has 0 unspecified atom stereocenters. The van der Waals surface area contributed by atoms with Gasteiger partial charge < -0.3 is 15.2 Å². The molecule has 22 heavy (non-hydrogen) atoms. The first-order chi connectivity index (χ1) is 10.2. The van der Waals surface area contributed by atoms with Gasteiger partial charge in [-0.15, -0.1) is 0 Å². The third-order valence-corrected chi connectivity index (χ3v) is 2.59. The fourth-order valence-corrected chi connectivity index (χ4v) is 1.70. The van der Waals surface area contributed by atoms with Crippen molar-refractivity contribution in [2.75, 3.05) is 6.54 Å². The van der Waals surface area contributed by atoms with Crippen LogP contribution in [0.25, 0.3) is 6.08 Å². The fraction of sp³-hybridized carbons (Fsp3) is 0.438. The molecule has 0 fully saturated rings. The molecule has 0 aliphatic carbocycles. The van der Waals surface area contributed by atoms with E-state index in [1.807, 2.05) is 32.9 Å². The number of pyridine rings is 1. The van der Waals surface area contributed by atoms with Crippen molar-refractivity contribution >= 4 is 18.1 Å². The summed E-state index contributed by atoms with van der Waals surface area (Å²) in [6.07, 6.45) is 5.42. The first-order valence-electron chi connectivity index (χ1n) is 7.02. The molecule has 0 aromatic carbocycles. The average molecular weight is 306 g/mol. The number of aryl methyl sites for hydroxylation is 1. The highest BCUT2D eigenvalue weighted by Crippen LogP contribution is 2.10. The van der Waals surface area contributed by atoms with Crippen LogP contribution in [-0.2, 0) is 4.74 Å². The van der Waals surface area contributed by atoms with Gasteiger partial charge >= 0.3 is 12.1 Å². The van der Waals surface area contributed by atoms with Gasteiger partial charge in [0.2, 0.25) is 0 Å². The molecule has 1 heterocycles. The number of ether oxygens (including phenoxy) is 1. The van der Waals surface area contributed by atoms with Crippen molar-refractivity contribution in [3.05, 3.63) is 35.2 Å². The molecule has 1 aromatic rings. The van der Waals surface area contributed by atoms with E-state index in [1.165, 1.54) is 6.20 Å². The van der Waals surface area contributed by atoms with E-state index in [1.54, 1.807) is 13.0 Å². The zero-order chi connectivity index (χ0) is 16.8. The van der Waals surface area contributed by atoms with Crippen LogP contribution in [0.15, 0.2) is 18.3 Å². The molecule has 6 nitrogen and oxygen atoms in total. The maximum Gasteiger partial charge on any atom is 0.407 e. The molecule has 2 N–H and O–H groups in total. The SMILES string of the molecule is Cc1cc(C=CCCNC(=O)OC(C)(C)C)cnc1C(=O)O. The van der Waals surface area contributed by atoms with Crippen LogP contribution in [0.3, 0.4) is 0 Å². The van der Waals surface area contributed by atoms with Gasteiger partial charge in [-0.25, -0.2) is 14.6 Å². The zero-order valence-electron chi connectivity index (χ0n) is 13.3. The summed E-state index contributed by atoms with van der Waals surface area (Å²) in [6, 6.07) is 1.76. The molecular formula is C16H22N2O4. The van der Waals surface area contributed by atoms with Crippen LogP contribution in [-0.4, -0.2) is 34.3 Å². The standard InChI is InChI=1S/C16H22N2O4/c1-11-9-12(10-18-13(11)14(19)20)7-5-6-8-17-15(21)22-16(2,3)4/h5,7,9-10H,6,8H2,1-4H3,(H,17,21)(H,19,20). The predicted molar refractivity (Wildman–Crippen MR) is 83.8 cm³/mol. The highest BCUT2D eigenvalue weighted by molar-refractivity contribution is 5.87. The van der Waals surface area contributed by atoms with Crippen LogP contribution >= 0.6 is 0 Å². The lowest BCUT2D eigenvalue weighted by molar-refractivity contribution is 0.0528. The lowest BCUT2D eigenvalue weighted by atomic mass is 10.1. The summed E-state index contributed by atoms with van der Waals surface area (Å²) in [6.45, 7) is 7.59. The Morgan fingerprint density at radius 1 is 1.41 bits per heavy atom. The number of hydrogen-bond acceptors (Lipinski definition) is 4. The summed E-state index contributed by atoms with van der Waals surface area (Å²) in [7, 11) is 0. The molecule has 0 atom stereocenters. The molecule has 1 rings (SSSR count). The summed E-state index contributed by atoms with van der Waals surface area (Å²) in [5.41, 5.74) is 0.986. The minimum atomic E-state index is -1.03. The number of amides is 1. The van der Waals surface area contributed by atoms with Crippen molar-refractivity contribution < 1.29 is 19.4 Å². The van der Waals surface area contributed by atoms with Crippen LogP contribution in [0.5, 0.6) is 0 Å². The van der Waals surface area contributed by atoms with E-state index >= 15 is 0 Å². The van der Waals surface area contributed by atoms with E-state index in [2.05, 4.69) is 10.3 Å². The number of carbonyl (C=O) groups excluding carboxylic acids is 1. The van der Waals surface area contributed by atoms with Gasteiger partial charge in [-0.2, -0.15) is 0 Å². The zero-order valence-corrected chi connectivity index (χ0v) is 13.3. The van der Waals surface area contributed by atoms with Gasteiger partial charge in [0.05, 0.1) is 0 Å². The lowest BCUT2D eigenvalue weighted by Crippen LogP contribution is -2.32. The fourth-order valence-electron chi connectivity index (χ4n) is 1.70. The number of rotatable bonds is 5. The smallest absolute Gasteiger partial charge is 0.407 e. The molecule has 0 aliphatic rings. The Morgan fingerprint density at radius 2 is 2.09 bits per heavy atom. The van der Waals surface area contributed by atoms with Crippen LogP contribution in [0.1, 0.15) is 48.8 Å². The number of carboxylic acids is 1. The van der Waals surface area contributed by atoms with Crippen molar-refractivity contribution in [3.63, 3.8) is 0 Å². The molecule has 120 valence electrons. The molecule has 0 saturated carbocycles. The van der Waals surface area contributed by atoms with Crippen molar-refractivity contribution in [1.82, 2.24) is 10.3 Å². The number of hydrogen-bond donors (Lipinski definition) is 2.